The molecule has 7 heteroatoms. The topological polar surface area (TPSA) is 96.5 Å². The van der Waals surface area contributed by atoms with Crippen LogP contribution in [0, 0.1) is 154 Å². The van der Waals surface area contributed by atoms with E-state index in [0.29, 0.717) is 83.2 Å². The van der Waals surface area contributed by atoms with Gasteiger partial charge in [-0.1, -0.05) is 222 Å². The first-order valence-corrected chi connectivity index (χ1v) is 35.1. The van der Waals surface area contributed by atoms with Gasteiger partial charge in [-0.15, -0.1) is 0 Å². The van der Waals surface area contributed by atoms with Gasteiger partial charge in [0.1, 0.15) is 0 Å². The molecular weight excluding hydrogens is 1000 g/mol. The molecule has 0 radical (unpaired) electrons. The second-order valence-corrected chi connectivity index (χ2v) is 34.9. The van der Waals surface area contributed by atoms with Crippen LogP contribution in [0.5, 0.6) is 0 Å². The molecule has 0 aromatic heterocycles. The molecule has 0 aromatic carbocycles. The van der Waals surface area contributed by atoms with Crippen molar-refractivity contribution < 1.29 is 25.2 Å². The number of thioether (sulfide) groups is 1. The second kappa shape index (κ2) is 32.4. The van der Waals surface area contributed by atoms with Crippen LogP contribution in [0.4, 0.5) is 0 Å². The van der Waals surface area contributed by atoms with Crippen LogP contribution in [0.25, 0.3) is 0 Å². The van der Waals surface area contributed by atoms with Gasteiger partial charge in [0, 0.05) is 34.4 Å². The molecule has 80 heavy (non-hydrogen) atoms. The molecule has 8 rings (SSSR count). The molecule has 3 aliphatic heterocycles. The van der Waals surface area contributed by atoms with Gasteiger partial charge in [-0.2, -0.15) is 11.8 Å². The SMILES string of the molecule is CC(C)C1C(C(C)C)C1(C)O.CC(C)C1C(C(C)C)C1(C)O.CC(C)C1C(C(C)C)C1(O)O.CC(C)C1C(C(C)C)N1C.CC(C)C1CC1C(C)C.CC(C)C1CCC1C(C)C.CC(C)C1OC1C(C)C.CC(C)C1SC1C(C)C. The van der Waals surface area contributed by atoms with Crippen LogP contribution in [0.3, 0.4) is 0 Å². The van der Waals surface area contributed by atoms with E-state index in [0.717, 1.165) is 93.6 Å². The summed E-state index contributed by atoms with van der Waals surface area (Å²) in [5.74, 6) is 16.9. The number of epoxide rings is 1. The summed E-state index contributed by atoms with van der Waals surface area (Å²) in [5, 5.41) is 40.6. The fourth-order valence-corrected chi connectivity index (χ4v) is 17.8. The molecule has 8 aliphatic rings. The van der Waals surface area contributed by atoms with Gasteiger partial charge in [-0.25, -0.2) is 0 Å². The van der Waals surface area contributed by atoms with Crippen molar-refractivity contribution in [1.29, 1.82) is 0 Å². The average molecular weight is 1150 g/mol. The summed E-state index contributed by atoms with van der Waals surface area (Å²) < 4.78 is 5.44. The monoisotopic (exact) mass is 1150 g/mol. The standard InChI is InChI=1S/2C10H20O.C10H20.C9H19N.C9H18O2.C9H18.C8H16O.C8H16S/c2*1-6(2)8-9(7(3)4)10(8,5)11;1-7(2)9-5-6-10(9)8(3)4;1-6(2)8-9(7(3)4)10(8)5;1-5(2)7-8(6(3)4)9(7,10)11;1-6(2)8-5-9(8)7(3)4;2*1-5(2)7-8(9-7)6(3)4/h2*6-9,11H,1-5H3;7-10H,5-6H2,1-4H3;6-9H,1-5H3;5-8,10-11H,1-4H3;6-9H,5H2,1-4H3;2*5-8H,1-4H3. The summed E-state index contributed by atoms with van der Waals surface area (Å²) in [6.45, 7) is 75.8. The Hall–Kier alpha value is 0.110. The van der Waals surface area contributed by atoms with Gasteiger partial charge in [0.25, 0.3) is 0 Å². The van der Waals surface area contributed by atoms with Gasteiger partial charge in [-0.3, -0.25) is 4.90 Å². The minimum Gasteiger partial charge on any atom is -0.390 e. The molecule has 6 nitrogen and oxygen atoms in total. The van der Waals surface area contributed by atoms with E-state index in [-0.39, 0.29) is 23.0 Å². The van der Waals surface area contributed by atoms with Crippen molar-refractivity contribution in [3.63, 3.8) is 0 Å². The molecule has 8 fully saturated rings. The average Bonchev–Trinajstić information content (AvgIpc) is 4.03. The lowest BCUT2D eigenvalue weighted by molar-refractivity contribution is -0.101. The van der Waals surface area contributed by atoms with E-state index in [2.05, 4.69) is 218 Å². The Morgan fingerprint density at radius 2 is 0.562 bits per heavy atom. The molecule has 0 amide bonds. The van der Waals surface area contributed by atoms with Gasteiger partial charge in [-0.05, 0) is 182 Å². The lowest BCUT2D eigenvalue weighted by atomic mass is 9.64. The quantitative estimate of drug-likeness (QED) is 0.0903. The third-order valence-electron chi connectivity index (χ3n) is 20.8. The van der Waals surface area contributed by atoms with Crippen molar-refractivity contribution in [2.75, 3.05) is 7.05 Å². The number of likely N-dealkylation sites (N-methyl/N-ethyl adjacent to an activating group) is 1. The maximum atomic E-state index is 9.89. The normalized spacial score (nSPS) is 37.3. The third kappa shape index (κ3) is 22.7. The molecule has 480 valence electrons. The highest BCUT2D eigenvalue weighted by atomic mass is 32.2. The predicted molar refractivity (Wildman–Crippen MR) is 354 cm³/mol. The summed E-state index contributed by atoms with van der Waals surface area (Å²) in [7, 11) is 2.23. The molecule has 0 aromatic rings. The predicted octanol–water partition coefficient (Wildman–Crippen LogP) is 18.9. The molecule has 5 saturated carbocycles. The second-order valence-electron chi connectivity index (χ2n) is 33.5. The lowest BCUT2D eigenvalue weighted by Crippen LogP contribution is -2.33. The number of rotatable bonds is 16. The van der Waals surface area contributed by atoms with Gasteiger partial charge in [0.15, 0.2) is 5.79 Å². The highest BCUT2D eigenvalue weighted by molar-refractivity contribution is 8.07. The van der Waals surface area contributed by atoms with Crippen molar-refractivity contribution in [3.05, 3.63) is 0 Å². The van der Waals surface area contributed by atoms with Gasteiger partial charge in [0.05, 0.1) is 23.4 Å². The number of hydrogen-bond acceptors (Lipinski definition) is 7. The van der Waals surface area contributed by atoms with E-state index in [1.807, 2.05) is 41.5 Å². The minimum absolute atomic E-state index is 0.0856. The Morgan fingerprint density at radius 1 is 0.325 bits per heavy atom. The molecule has 4 N–H and O–H groups in total. The molecule has 0 bridgehead atoms. The zero-order valence-electron chi connectivity index (χ0n) is 60.1. The van der Waals surface area contributed by atoms with Crippen molar-refractivity contribution in [3.8, 4) is 0 Å². The van der Waals surface area contributed by atoms with Crippen LogP contribution in [0.1, 0.15) is 255 Å². The van der Waals surface area contributed by atoms with Crippen molar-refractivity contribution in [1.82, 2.24) is 4.90 Å². The third-order valence-corrected chi connectivity index (χ3v) is 22.8. The van der Waals surface area contributed by atoms with Crippen LogP contribution in [0.15, 0.2) is 0 Å². The fourth-order valence-electron chi connectivity index (χ4n) is 16.2. The Balaban J connectivity index is 0.000000458. The number of hydrogen-bond donors (Lipinski definition) is 4. The minimum atomic E-state index is -1.37. The summed E-state index contributed by atoms with van der Waals surface area (Å²) in [4.78, 5) is 2.48. The lowest BCUT2D eigenvalue weighted by Gasteiger charge is -2.42. The van der Waals surface area contributed by atoms with Crippen LogP contribution < -0.4 is 0 Å². The van der Waals surface area contributed by atoms with E-state index in [1.165, 1.54) is 19.3 Å². The molecule has 3 heterocycles. The molecule has 5 aliphatic carbocycles. The molecule has 3 saturated heterocycles. The van der Waals surface area contributed by atoms with Gasteiger partial charge < -0.3 is 25.2 Å². The molecule has 0 spiro atoms. The van der Waals surface area contributed by atoms with Crippen molar-refractivity contribution in [2.24, 2.45) is 154 Å². The smallest absolute Gasteiger partial charge is 0.169 e. The largest absolute Gasteiger partial charge is 0.390 e. The van der Waals surface area contributed by atoms with Crippen molar-refractivity contribution in [2.45, 2.75) is 306 Å². The number of nitrogens with zero attached hydrogens (tertiary/aromatic N) is 1. The van der Waals surface area contributed by atoms with Crippen LogP contribution in [-0.4, -0.2) is 84.2 Å². The molecule has 16 atom stereocenters. The Kier molecular flexibility index (Phi) is 31.6. The summed E-state index contributed by atoms with van der Waals surface area (Å²) in [6, 6.07) is 1.72. The van der Waals surface area contributed by atoms with E-state index >= 15 is 0 Å². The van der Waals surface area contributed by atoms with E-state index in [4.69, 9.17) is 4.74 Å². The Morgan fingerprint density at radius 3 is 0.650 bits per heavy atom. The van der Waals surface area contributed by atoms with Crippen LogP contribution >= 0.6 is 11.8 Å². The van der Waals surface area contributed by atoms with Gasteiger partial charge in [0.2, 0.25) is 0 Å². The zero-order chi connectivity index (χ0) is 63.1. The number of ether oxygens (including phenoxy) is 1. The highest BCUT2D eigenvalue weighted by Gasteiger charge is 2.65. The van der Waals surface area contributed by atoms with E-state index in [9.17, 15) is 20.4 Å². The Bertz CT molecular complexity index is 1410. The fraction of sp³-hybridized carbons (Fsp3) is 1.00. The summed E-state index contributed by atoms with van der Waals surface area (Å²) in [6.07, 6.45) is 5.59. The van der Waals surface area contributed by atoms with Crippen LogP contribution in [0.2, 0.25) is 0 Å². The van der Waals surface area contributed by atoms with Gasteiger partial charge >= 0.3 is 0 Å². The van der Waals surface area contributed by atoms with Crippen LogP contribution in [-0.2, 0) is 4.74 Å². The first-order valence-electron chi connectivity index (χ1n) is 34.1. The molecule has 16 unspecified atom stereocenters. The Labute approximate surface area is 506 Å². The van der Waals surface area contributed by atoms with E-state index < -0.39 is 5.79 Å². The van der Waals surface area contributed by atoms with Crippen molar-refractivity contribution >= 4 is 11.8 Å². The number of aliphatic hydroxyl groups is 4. The summed E-state index contributed by atoms with van der Waals surface area (Å²) in [5.41, 5.74) is -0.745. The summed E-state index contributed by atoms with van der Waals surface area (Å²) >= 11 is 2.15. The maximum Gasteiger partial charge on any atom is 0.169 e. The zero-order valence-corrected chi connectivity index (χ0v) is 61.0. The highest BCUT2D eigenvalue weighted by Crippen LogP contribution is 2.59. The van der Waals surface area contributed by atoms with E-state index in [1.54, 1.807) is 0 Å². The first kappa shape index (κ1) is 78.1. The molecular formula is C73H147NO5S. The first-order chi connectivity index (χ1) is 36.2. The maximum absolute atomic E-state index is 9.89.